The van der Waals surface area contributed by atoms with Gasteiger partial charge in [-0.3, -0.25) is 9.59 Å². The van der Waals surface area contributed by atoms with Crippen LogP contribution in [0.5, 0.6) is 0 Å². The minimum atomic E-state index is -0.252. The Morgan fingerprint density at radius 1 is 1.32 bits per heavy atom. The monoisotopic (exact) mass is 321 g/mol. The Morgan fingerprint density at radius 2 is 2.09 bits per heavy atom. The molecule has 118 valence electrons. The van der Waals surface area contributed by atoms with Crippen molar-refractivity contribution in [3.8, 4) is 0 Å². The summed E-state index contributed by atoms with van der Waals surface area (Å²) in [6, 6.07) is 8.85. The summed E-state index contributed by atoms with van der Waals surface area (Å²) in [5, 5.41) is 0.781. The van der Waals surface area contributed by atoms with Crippen molar-refractivity contribution in [2.75, 3.05) is 13.1 Å². The lowest BCUT2D eigenvalue weighted by Gasteiger charge is -2.35. The van der Waals surface area contributed by atoms with Gasteiger partial charge in [-0.1, -0.05) is 18.2 Å². The molecule has 1 aliphatic rings. The van der Waals surface area contributed by atoms with Gasteiger partial charge in [-0.25, -0.2) is 0 Å². The number of carbonyl (C=O) groups is 1. The lowest BCUT2D eigenvalue weighted by molar-refractivity contribution is 0.0625. The predicted octanol–water partition coefficient (Wildman–Crippen LogP) is 1.90. The van der Waals surface area contributed by atoms with Crippen molar-refractivity contribution in [2.24, 2.45) is 5.73 Å². The maximum absolute atomic E-state index is 12.9. The molecule has 1 aromatic carbocycles. The van der Waals surface area contributed by atoms with Crippen LogP contribution in [0, 0.1) is 0 Å². The Kier molecular flexibility index (Phi) is 5.21. The number of fused-ring (bicyclic) bond motifs is 1. The molecule has 3 N–H and O–H groups in total. The molecular formula is C16H20ClN3O2. The van der Waals surface area contributed by atoms with Gasteiger partial charge >= 0.3 is 0 Å². The first-order valence-corrected chi connectivity index (χ1v) is 7.34. The number of para-hydroxylation sites is 1. The summed E-state index contributed by atoms with van der Waals surface area (Å²) >= 11 is 0. The molecule has 0 aliphatic carbocycles. The van der Waals surface area contributed by atoms with Crippen molar-refractivity contribution in [1.29, 1.82) is 0 Å². The Labute approximate surface area is 134 Å². The van der Waals surface area contributed by atoms with Crippen LogP contribution in [0.2, 0.25) is 0 Å². The minimum absolute atomic E-state index is 0. The minimum Gasteiger partial charge on any atom is -0.334 e. The molecule has 0 saturated carbocycles. The number of amides is 1. The van der Waals surface area contributed by atoms with Crippen molar-refractivity contribution < 1.29 is 4.79 Å². The predicted molar refractivity (Wildman–Crippen MR) is 89.5 cm³/mol. The Hall–Kier alpha value is -1.85. The zero-order chi connectivity index (χ0) is 14.8. The number of pyridine rings is 1. The van der Waals surface area contributed by atoms with Crippen LogP contribution in [0.3, 0.4) is 0 Å². The molecule has 22 heavy (non-hydrogen) atoms. The van der Waals surface area contributed by atoms with Gasteiger partial charge < -0.3 is 15.6 Å². The first-order chi connectivity index (χ1) is 10.2. The van der Waals surface area contributed by atoms with Crippen LogP contribution in [-0.4, -0.2) is 34.9 Å². The molecule has 0 bridgehead atoms. The average molecular weight is 322 g/mol. The topological polar surface area (TPSA) is 79.2 Å². The van der Waals surface area contributed by atoms with Gasteiger partial charge in [-0.2, -0.15) is 0 Å². The van der Waals surface area contributed by atoms with Crippen LogP contribution in [-0.2, 0) is 0 Å². The van der Waals surface area contributed by atoms with E-state index >= 15 is 0 Å². The molecule has 0 spiro atoms. The lowest BCUT2D eigenvalue weighted by atomic mass is 10.00. The first kappa shape index (κ1) is 16.5. The third kappa shape index (κ3) is 3.00. The van der Waals surface area contributed by atoms with Crippen LogP contribution in [0.25, 0.3) is 10.9 Å². The number of rotatable bonds is 2. The number of benzene rings is 1. The van der Waals surface area contributed by atoms with E-state index in [4.69, 9.17) is 5.73 Å². The number of hydrogen-bond donors (Lipinski definition) is 2. The molecular weight excluding hydrogens is 302 g/mol. The molecule has 1 atom stereocenters. The molecule has 1 amide bonds. The van der Waals surface area contributed by atoms with Crippen molar-refractivity contribution in [3.63, 3.8) is 0 Å². The number of nitrogens with zero attached hydrogens (tertiary/aromatic N) is 1. The quantitative estimate of drug-likeness (QED) is 0.886. The largest absolute Gasteiger partial charge is 0.334 e. The number of H-pyrrole nitrogens is 1. The Balaban J connectivity index is 0.00000176. The summed E-state index contributed by atoms with van der Waals surface area (Å²) < 4.78 is 0. The van der Waals surface area contributed by atoms with Crippen LogP contribution in [0.1, 0.15) is 29.6 Å². The summed E-state index contributed by atoms with van der Waals surface area (Å²) in [4.78, 5) is 29.2. The fraction of sp³-hybridized carbons (Fsp3) is 0.375. The van der Waals surface area contributed by atoms with Gasteiger partial charge in [-0.15, -0.1) is 12.4 Å². The summed E-state index contributed by atoms with van der Waals surface area (Å²) in [5.41, 5.74) is 6.70. The van der Waals surface area contributed by atoms with E-state index in [9.17, 15) is 9.59 Å². The van der Waals surface area contributed by atoms with Crippen LogP contribution in [0.15, 0.2) is 35.1 Å². The Morgan fingerprint density at radius 3 is 2.86 bits per heavy atom. The molecule has 2 aromatic rings. The number of halogens is 1. The summed E-state index contributed by atoms with van der Waals surface area (Å²) in [7, 11) is 0. The van der Waals surface area contributed by atoms with Crippen molar-refractivity contribution in [2.45, 2.75) is 25.3 Å². The maximum atomic E-state index is 12.9. The number of aromatic amines is 1. The van der Waals surface area contributed by atoms with Gasteiger partial charge in [0.2, 0.25) is 5.56 Å². The van der Waals surface area contributed by atoms with E-state index in [0.29, 0.717) is 24.2 Å². The number of piperidine rings is 1. The second-order valence-electron chi connectivity index (χ2n) is 5.48. The van der Waals surface area contributed by atoms with E-state index < -0.39 is 0 Å². The Bertz CT molecular complexity index is 729. The standard InChI is InChI=1S/C16H19N3O2.ClH/c17-10-11-5-3-4-8-19(11)16(21)13-9-15(20)18-14-7-2-1-6-12(13)14;/h1-2,6-7,9,11H,3-5,8,10,17H2,(H,18,20);1H. The van der Waals surface area contributed by atoms with E-state index in [0.717, 1.165) is 24.6 Å². The highest BCUT2D eigenvalue weighted by molar-refractivity contribution is 6.06. The molecule has 1 aliphatic heterocycles. The van der Waals surface area contributed by atoms with Gasteiger partial charge in [0, 0.05) is 36.1 Å². The van der Waals surface area contributed by atoms with Gasteiger partial charge in [0.15, 0.2) is 0 Å². The molecule has 1 aromatic heterocycles. The van der Waals surface area contributed by atoms with Gasteiger partial charge in [-0.05, 0) is 25.3 Å². The average Bonchev–Trinajstić information content (AvgIpc) is 2.53. The normalized spacial score (nSPS) is 18.0. The number of hydrogen-bond acceptors (Lipinski definition) is 3. The molecule has 3 rings (SSSR count). The molecule has 1 unspecified atom stereocenters. The summed E-state index contributed by atoms with van der Waals surface area (Å²) in [6.07, 6.45) is 3.02. The molecule has 5 nitrogen and oxygen atoms in total. The van der Waals surface area contributed by atoms with Crippen LogP contribution < -0.4 is 11.3 Å². The fourth-order valence-electron chi connectivity index (χ4n) is 3.05. The van der Waals surface area contributed by atoms with E-state index in [2.05, 4.69) is 4.98 Å². The van der Waals surface area contributed by atoms with Crippen molar-refractivity contribution in [1.82, 2.24) is 9.88 Å². The third-order valence-corrected chi connectivity index (χ3v) is 4.14. The molecule has 6 heteroatoms. The van der Waals surface area contributed by atoms with E-state index in [1.54, 1.807) is 0 Å². The SMILES string of the molecule is Cl.NCC1CCCCN1C(=O)c1cc(=O)[nH]c2ccccc12. The zero-order valence-electron chi connectivity index (χ0n) is 12.2. The van der Waals surface area contributed by atoms with Gasteiger partial charge in [0.1, 0.15) is 0 Å². The number of likely N-dealkylation sites (tertiary alicyclic amines) is 1. The van der Waals surface area contributed by atoms with E-state index in [1.165, 1.54) is 6.07 Å². The number of carbonyl (C=O) groups excluding carboxylic acids is 1. The summed E-state index contributed by atoms with van der Waals surface area (Å²) in [5.74, 6) is -0.0903. The number of nitrogens with one attached hydrogen (secondary N) is 1. The number of nitrogens with two attached hydrogens (primary N) is 1. The van der Waals surface area contributed by atoms with Crippen LogP contribution >= 0.6 is 12.4 Å². The molecule has 1 saturated heterocycles. The van der Waals surface area contributed by atoms with Gasteiger partial charge in [0.25, 0.3) is 5.91 Å². The molecule has 0 radical (unpaired) electrons. The highest BCUT2D eigenvalue weighted by Gasteiger charge is 2.27. The highest BCUT2D eigenvalue weighted by atomic mass is 35.5. The molecule has 2 heterocycles. The highest BCUT2D eigenvalue weighted by Crippen LogP contribution is 2.22. The zero-order valence-corrected chi connectivity index (χ0v) is 13.1. The lowest BCUT2D eigenvalue weighted by Crippen LogP contribution is -2.47. The second-order valence-corrected chi connectivity index (χ2v) is 5.48. The first-order valence-electron chi connectivity index (χ1n) is 7.34. The molecule has 1 fully saturated rings. The number of aromatic nitrogens is 1. The third-order valence-electron chi connectivity index (χ3n) is 4.14. The second kappa shape index (κ2) is 6.94. The smallest absolute Gasteiger partial charge is 0.255 e. The van der Waals surface area contributed by atoms with Crippen LogP contribution in [0.4, 0.5) is 0 Å². The fourth-order valence-corrected chi connectivity index (χ4v) is 3.05. The van der Waals surface area contributed by atoms with Crippen molar-refractivity contribution in [3.05, 3.63) is 46.2 Å². The van der Waals surface area contributed by atoms with E-state index in [1.807, 2.05) is 29.2 Å². The summed E-state index contributed by atoms with van der Waals surface area (Å²) in [6.45, 7) is 1.18. The van der Waals surface area contributed by atoms with Gasteiger partial charge in [0.05, 0.1) is 5.56 Å². The van der Waals surface area contributed by atoms with Crippen molar-refractivity contribution >= 4 is 29.2 Å². The maximum Gasteiger partial charge on any atom is 0.255 e. The van der Waals surface area contributed by atoms with E-state index in [-0.39, 0.29) is 29.9 Å².